The highest BCUT2D eigenvalue weighted by atomic mass is 16.5. The number of esters is 1. The molecule has 0 radical (unpaired) electrons. The lowest BCUT2D eigenvalue weighted by atomic mass is 10.0. The minimum absolute atomic E-state index is 0.00979. The SMILES string of the molecule is CCOC(=O)CN(C(=O)CC(C)(C)OC)C(C)C. The average Bonchev–Trinajstić information content (AvgIpc) is 2.25. The van der Waals surface area contributed by atoms with Gasteiger partial charge in [-0.3, -0.25) is 9.59 Å². The second-order valence-electron chi connectivity index (χ2n) is 5.06. The van der Waals surface area contributed by atoms with Crippen molar-refractivity contribution in [1.29, 1.82) is 0 Å². The summed E-state index contributed by atoms with van der Waals surface area (Å²) in [4.78, 5) is 25.1. The minimum atomic E-state index is -0.529. The lowest BCUT2D eigenvalue weighted by molar-refractivity contribution is -0.151. The summed E-state index contributed by atoms with van der Waals surface area (Å²) in [5.74, 6) is -0.486. The number of nitrogens with zero attached hydrogens (tertiary/aromatic N) is 1. The summed E-state index contributed by atoms with van der Waals surface area (Å²) >= 11 is 0. The summed E-state index contributed by atoms with van der Waals surface area (Å²) in [5, 5.41) is 0. The van der Waals surface area contributed by atoms with Gasteiger partial charge in [-0.25, -0.2) is 0 Å². The van der Waals surface area contributed by atoms with E-state index in [1.807, 2.05) is 27.7 Å². The molecule has 18 heavy (non-hydrogen) atoms. The smallest absolute Gasteiger partial charge is 0.325 e. The second kappa shape index (κ2) is 7.36. The van der Waals surface area contributed by atoms with Crippen molar-refractivity contribution in [2.75, 3.05) is 20.3 Å². The summed E-state index contributed by atoms with van der Waals surface area (Å²) in [7, 11) is 1.57. The molecule has 0 atom stereocenters. The molecule has 5 heteroatoms. The predicted octanol–water partition coefficient (Wildman–Crippen LogP) is 1.60. The molecule has 0 rings (SSSR count). The fourth-order valence-electron chi connectivity index (χ4n) is 1.44. The first-order valence-electron chi connectivity index (χ1n) is 6.23. The molecular weight excluding hydrogens is 234 g/mol. The average molecular weight is 259 g/mol. The lowest BCUT2D eigenvalue weighted by Gasteiger charge is -2.30. The Labute approximate surface area is 109 Å². The van der Waals surface area contributed by atoms with Crippen molar-refractivity contribution in [2.45, 2.75) is 52.7 Å². The summed E-state index contributed by atoms with van der Waals surface area (Å²) in [6.45, 7) is 9.48. The van der Waals surface area contributed by atoms with Gasteiger partial charge < -0.3 is 14.4 Å². The van der Waals surface area contributed by atoms with Crippen LogP contribution in [0.2, 0.25) is 0 Å². The monoisotopic (exact) mass is 259 g/mol. The van der Waals surface area contributed by atoms with Crippen molar-refractivity contribution in [2.24, 2.45) is 0 Å². The maximum absolute atomic E-state index is 12.1. The molecular formula is C13H25NO4. The molecule has 0 bridgehead atoms. The van der Waals surface area contributed by atoms with Gasteiger partial charge in [-0.15, -0.1) is 0 Å². The zero-order valence-corrected chi connectivity index (χ0v) is 12.3. The van der Waals surface area contributed by atoms with Crippen molar-refractivity contribution in [1.82, 2.24) is 4.90 Å². The lowest BCUT2D eigenvalue weighted by Crippen LogP contribution is -2.44. The molecule has 0 unspecified atom stereocenters. The Morgan fingerprint density at radius 3 is 2.22 bits per heavy atom. The highest BCUT2D eigenvalue weighted by Gasteiger charge is 2.27. The minimum Gasteiger partial charge on any atom is -0.465 e. The van der Waals surface area contributed by atoms with Gasteiger partial charge >= 0.3 is 5.97 Å². The van der Waals surface area contributed by atoms with E-state index in [1.165, 1.54) is 4.90 Å². The van der Waals surface area contributed by atoms with Crippen LogP contribution in [0.5, 0.6) is 0 Å². The molecule has 0 heterocycles. The third-order valence-electron chi connectivity index (χ3n) is 2.68. The van der Waals surface area contributed by atoms with Crippen LogP contribution in [0.25, 0.3) is 0 Å². The third kappa shape index (κ3) is 6.00. The largest absolute Gasteiger partial charge is 0.465 e. The van der Waals surface area contributed by atoms with E-state index in [4.69, 9.17) is 9.47 Å². The van der Waals surface area contributed by atoms with Gasteiger partial charge in [0.05, 0.1) is 18.6 Å². The van der Waals surface area contributed by atoms with Gasteiger partial charge in [0, 0.05) is 13.2 Å². The van der Waals surface area contributed by atoms with Gasteiger partial charge in [-0.2, -0.15) is 0 Å². The fourth-order valence-corrected chi connectivity index (χ4v) is 1.44. The number of ether oxygens (including phenoxy) is 2. The standard InChI is InChI=1S/C13H25NO4/c1-7-18-12(16)9-14(10(2)3)11(15)8-13(4,5)17-6/h10H,7-9H2,1-6H3. The van der Waals surface area contributed by atoms with E-state index >= 15 is 0 Å². The van der Waals surface area contributed by atoms with Crippen LogP contribution in [0, 0.1) is 0 Å². The Balaban J connectivity index is 4.60. The Bertz CT molecular complexity index is 287. The summed E-state index contributed by atoms with van der Waals surface area (Å²) in [5.41, 5.74) is -0.529. The van der Waals surface area contributed by atoms with Gasteiger partial charge in [0.1, 0.15) is 6.54 Å². The molecule has 0 aromatic rings. The third-order valence-corrected chi connectivity index (χ3v) is 2.68. The van der Waals surface area contributed by atoms with E-state index in [0.717, 1.165) is 0 Å². The fraction of sp³-hybridized carbons (Fsp3) is 0.846. The molecule has 0 aliphatic carbocycles. The first-order chi connectivity index (χ1) is 8.23. The molecule has 0 spiro atoms. The number of hydrogen-bond acceptors (Lipinski definition) is 4. The van der Waals surface area contributed by atoms with E-state index in [0.29, 0.717) is 6.61 Å². The molecule has 0 aliphatic rings. The van der Waals surface area contributed by atoms with E-state index in [-0.39, 0.29) is 30.9 Å². The zero-order chi connectivity index (χ0) is 14.3. The molecule has 0 aliphatic heterocycles. The Hall–Kier alpha value is -1.10. The highest BCUT2D eigenvalue weighted by Crippen LogP contribution is 2.16. The molecule has 106 valence electrons. The molecule has 0 saturated heterocycles. The first-order valence-corrected chi connectivity index (χ1v) is 6.23. The van der Waals surface area contributed by atoms with Crippen LogP contribution in [0.1, 0.15) is 41.0 Å². The van der Waals surface area contributed by atoms with Gasteiger partial charge in [0.15, 0.2) is 0 Å². The van der Waals surface area contributed by atoms with Crippen LogP contribution in [0.15, 0.2) is 0 Å². The predicted molar refractivity (Wildman–Crippen MR) is 69.2 cm³/mol. The van der Waals surface area contributed by atoms with Crippen LogP contribution in [0.3, 0.4) is 0 Å². The Morgan fingerprint density at radius 2 is 1.83 bits per heavy atom. The number of amides is 1. The first kappa shape index (κ1) is 16.9. The normalized spacial score (nSPS) is 11.5. The van der Waals surface area contributed by atoms with E-state index in [2.05, 4.69) is 0 Å². The van der Waals surface area contributed by atoms with Gasteiger partial charge in [0.2, 0.25) is 5.91 Å². The van der Waals surface area contributed by atoms with Crippen LogP contribution in [-0.2, 0) is 19.1 Å². The van der Waals surface area contributed by atoms with Crippen molar-refractivity contribution >= 4 is 11.9 Å². The van der Waals surface area contributed by atoms with Crippen molar-refractivity contribution in [3.05, 3.63) is 0 Å². The van der Waals surface area contributed by atoms with Crippen molar-refractivity contribution < 1.29 is 19.1 Å². The van der Waals surface area contributed by atoms with Crippen molar-refractivity contribution in [3.8, 4) is 0 Å². The van der Waals surface area contributed by atoms with Gasteiger partial charge in [-0.05, 0) is 34.6 Å². The summed E-state index contributed by atoms with van der Waals surface area (Å²) in [6, 6.07) is -0.0467. The molecule has 1 amide bonds. The molecule has 5 nitrogen and oxygen atoms in total. The van der Waals surface area contributed by atoms with Crippen LogP contribution in [-0.4, -0.2) is 48.7 Å². The maximum Gasteiger partial charge on any atom is 0.325 e. The molecule has 0 N–H and O–H groups in total. The van der Waals surface area contributed by atoms with E-state index < -0.39 is 5.60 Å². The summed E-state index contributed by atoms with van der Waals surface area (Å²) < 4.78 is 10.1. The quantitative estimate of drug-likeness (QED) is 0.652. The van der Waals surface area contributed by atoms with Crippen LogP contribution < -0.4 is 0 Å². The molecule has 0 aromatic carbocycles. The number of hydrogen-bond donors (Lipinski definition) is 0. The van der Waals surface area contributed by atoms with Crippen molar-refractivity contribution in [3.63, 3.8) is 0 Å². The number of carbonyl (C=O) groups is 2. The summed E-state index contributed by atoms with van der Waals surface area (Å²) in [6.07, 6.45) is 0.237. The maximum atomic E-state index is 12.1. The zero-order valence-electron chi connectivity index (χ0n) is 12.3. The highest BCUT2D eigenvalue weighted by molar-refractivity contribution is 5.82. The van der Waals surface area contributed by atoms with Gasteiger partial charge in [-0.1, -0.05) is 0 Å². The van der Waals surface area contributed by atoms with Crippen LogP contribution in [0.4, 0.5) is 0 Å². The second-order valence-corrected chi connectivity index (χ2v) is 5.06. The molecule has 0 aromatic heterocycles. The van der Waals surface area contributed by atoms with Crippen LogP contribution >= 0.6 is 0 Å². The van der Waals surface area contributed by atoms with E-state index in [1.54, 1.807) is 14.0 Å². The topological polar surface area (TPSA) is 55.8 Å². The number of carbonyl (C=O) groups excluding carboxylic acids is 2. The van der Waals surface area contributed by atoms with Gasteiger partial charge in [0.25, 0.3) is 0 Å². The molecule has 0 fully saturated rings. The molecule has 0 saturated carbocycles. The number of methoxy groups -OCH3 is 1. The number of rotatable bonds is 7. The van der Waals surface area contributed by atoms with E-state index in [9.17, 15) is 9.59 Å². The Morgan fingerprint density at radius 1 is 1.28 bits per heavy atom. The Kier molecular flexibility index (Phi) is 6.91.